The zero-order chi connectivity index (χ0) is 30.8. The molecule has 222 valence electrons. The summed E-state index contributed by atoms with van der Waals surface area (Å²) < 4.78 is 1.37. The van der Waals surface area contributed by atoms with Crippen LogP contribution in [0.25, 0.3) is 28.3 Å². The number of rotatable bonds is 6. The van der Waals surface area contributed by atoms with Gasteiger partial charge >= 0.3 is 275 Å². The first-order valence-corrected chi connectivity index (χ1v) is 26.3. The number of aryl methyl sites for hydroxylation is 1. The second kappa shape index (κ2) is 11.6. The SMILES string of the molecule is CCc1ccc2c(c1-c1cc(C(C)C)cc(C(C)C)c1)C=C(C(C)(C)C)[CH]2[Zr]([Cl])([Cl])[c]1cccc2c1[SiH2]c1ccccc1-2. The predicted molar refractivity (Wildman–Crippen MR) is 191 cm³/mol. The van der Waals surface area contributed by atoms with Crippen LogP contribution in [0.1, 0.15) is 98.7 Å². The standard InChI is InChI=1S/C27H35.C12H9Si.2ClH.Zr/c1-9-19-10-11-20-15-24(27(6,7)8)16-25(20)26(19)23-13-21(17(2)3)12-22(14-23)18(4)5;1-3-7-11-9(5-1)10-6-2-4-8-12(10)13-11;;;/h10-18H,9H2,1-8H3;1-7H,13H2;2*1H;/q;;;;+2/p-2. The molecule has 0 fully saturated rings. The third kappa shape index (κ3) is 5.43. The van der Waals surface area contributed by atoms with Crippen LogP contribution in [0.3, 0.4) is 0 Å². The number of halogens is 2. The molecular weight excluding hydrogens is 659 g/mol. The maximum atomic E-state index is 7.99. The first-order valence-electron chi connectivity index (χ1n) is 15.9. The van der Waals surface area contributed by atoms with Crippen LogP contribution in [0.2, 0.25) is 0 Å². The fourth-order valence-electron chi connectivity index (χ4n) is 7.28. The van der Waals surface area contributed by atoms with Gasteiger partial charge in [-0.25, -0.2) is 0 Å². The van der Waals surface area contributed by atoms with Gasteiger partial charge in [0, 0.05) is 0 Å². The van der Waals surface area contributed by atoms with Crippen LogP contribution in [0.15, 0.2) is 78.4 Å². The number of allylic oxidation sites excluding steroid dienone is 1. The molecule has 1 aliphatic heterocycles. The first-order chi connectivity index (χ1) is 20.3. The van der Waals surface area contributed by atoms with Crippen molar-refractivity contribution in [3.63, 3.8) is 0 Å². The molecule has 0 saturated heterocycles. The molecule has 0 radical (unpaired) electrons. The molecule has 0 N–H and O–H groups in total. The van der Waals surface area contributed by atoms with Gasteiger partial charge in [0.1, 0.15) is 0 Å². The van der Waals surface area contributed by atoms with E-state index in [0.717, 1.165) is 6.42 Å². The normalized spacial score (nSPS) is 16.6. The van der Waals surface area contributed by atoms with E-state index in [-0.39, 0.29) is 9.04 Å². The molecule has 2 aliphatic rings. The van der Waals surface area contributed by atoms with E-state index in [4.69, 9.17) is 17.0 Å². The molecule has 1 aliphatic carbocycles. The maximum absolute atomic E-state index is 7.99. The molecule has 4 aromatic carbocycles. The summed E-state index contributed by atoms with van der Waals surface area (Å²) in [5, 5.41) is 3.00. The molecule has 6 rings (SSSR count). The Kier molecular flexibility index (Phi) is 8.43. The van der Waals surface area contributed by atoms with Gasteiger partial charge in [0.05, 0.1) is 0 Å². The van der Waals surface area contributed by atoms with Crippen molar-refractivity contribution in [1.29, 1.82) is 0 Å². The van der Waals surface area contributed by atoms with Gasteiger partial charge in [0.25, 0.3) is 0 Å². The number of benzene rings is 4. The van der Waals surface area contributed by atoms with Gasteiger partial charge in [-0.3, -0.25) is 0 Å². The zero-order valence-corrected chi connectivity index (χ0v) is 32.3. The first kappa shape index (κ1) is 31.3. The summed E-state index contributed by atoms with van der Waals surface area (Å²) in [6.07, 6.45) is 3.48. The Morgan fingerprint density at radius 1 is 0.814 bits per heavy atom. The van der Waals surface area contributed by atoms with Crippen molar-refractivity contribution in [2.45, 2.75) is 77.3 Å². The Bertz CT molecular complexity index is 1730. The molecule has 0 nitrogen and oxygen atoms in total. The van der Waals surface area contributed by atoms with Crippen molar-refractivity contribution in [2.75, 3.05) is 0 Å². The monoisotopic (exact) mass is 700 g/mol. The Morgan fingerprint density at radius 3 is 2.09 bits per heavy atom. The zero-order valence-electron chi connectivity index (χ0n) is 26.9. The summed E-state index contributed by atoms with van der Waals surface area (Å²) in [5.41, 5.74) is 13.7. The molecule has 1 unspecified atom stereocenters. The average molecular weight is 703 g/mol. The van der Waals surface area contributed by atoms with Gasteiger partial charge in [0.2, 0.25) is 0 Å². The Morgan fingerprint density at radius 2 is 1.47 bits per heavy atom. The molecule has 0 bridgehead atoms. The van der Waals surface area contributed by atoms with Gasteiger partial charge in [-0.05, 0) is 0 Å². The predicted octanol–water partition coefficient (Wildman–Crippen LogP) is 9.53. The molecule has 1 heterocycles. The molecule has 1 atom stereocenters. The van der Waals surface area contributed by atoms with E-state index in [9.17, 15) is 0 Å². The minimum atomic E-state index is -4.07. The van der Waals surface area contributed by atoms with Crippen molar-refractivity contribution in [1.82, 2.24) is 0 Å². The van der Waals surface area contributed by atoms with Crippen molar-refractivity contribution >= 4 is 46.3 Å². The van der Waals surface area contributed by atoms with E-state index >= 15 is 0 Å². The quantitative estimate of drug-likeness (QED) is 0.155. The average Bonchev–Trinajstić information content (AvgIpc) is 3.55. The van der Waals surface area contributed by atoms with Crippen molar-refractivity contribution in [3.05, 3.63) is 106 Å². The molecular formula is C39H44Cl2SiZr. The molecule has 0 spiro atoms. The van der Waals surface area contributed by atoms with Gasteiger partial charge < -0.3 is 0 Å². The number of hydrogen-bond donors (Lipinski definition) is 0. The Labute approximate surface area is 273 Å². The molecule has 4 heteroatoms. The van der Waals surface area contributed by atoms with Crippen LogP contribution in [0, 0.1) is 5.41 Å². The van der Waals surface area contributed by atoms with Crippen LogP contribution >= 0.6 is 17.0 Å². The molecule has 43 heavy (non-hydrogen) atoms. The summed E-state index contributed by atoms with van der Waals surface area (Å²) in [6, 6.07) is 27.7. The summed E-state index contributed by atoms with van der Waals surface area (Å²) in [4.78, 5) is 0. The Hall–Kier alpha value is -1.70. The van der Waals surface area contributed by atoms with E-state index in [1.54, 1.807) is 0 Å². The van der Waals surface area contributed by atoms with E-state index in [1.807, 2.05) is 0 Å². The molecule has 0 aromatic heterocycles. The van der Waals surface area contributed by atoms with Crippen molar-refractivity contribution in [3.8, 4) is 22.3 Å². The van der Waals surface area contributed by atoms with Crippen molar-refractivity contribution < 1.29 is 17.9 Å². The van der Waals surface area contributed by atoms with Crippen LogP contribution in [0.5, 0.6) is 0 Å². The van der Waals surface area contributed by atoms with E-state index < -0.39 is 27.4 Å². The van der Waals surface area contributed by atoms with Crippen LogP contribution in [0.4, 0.5) is 0 Å². The van der Waals surface area contributed by atoms with Gasteiger partial charge in [-0.2, -0.15) is 0 Å². The summed E-state index contributed by atoms with van der Waals surface area (Å²) in [5.74, 6) is 0.937. The molecule has 4 aromatic rings. The minimum absolute atomic E-state index is 0.0551. The molecule has 0 amide bonds. The van der Waals surface area contributed by atoms with Gasteiger partial charge in [-0.1, -0.05) is 0 Å². The fraction of sp³-hybridized carbons (Fsp3) is 0.333. The summed E-state index contributed by atoms with van der Waals surface area (Å²) in [7, 11) is 15.3. The van der Waals surface area contributed by atoms with E-state index in [0.29, 0.717) is 11.8 Å². The third-order valence-electron chi connectivity index (χ3n) is 9.71. The van der Waals surface area contributed by atoms with Crippen LogP contribution < -0.4 is 13.6 Å². The van der Waals surface area contributed by atoms with Crippen molar-refractivity contribution in [2.24, 2.45) is 5.41 Å². The number of fused-ring (bicyclic) bond motifs is 4. The Balaban J connectivity index is 1.58. The fourth-order valence-corrected chi connectivity index (χ4v) is 24.4. The summed E-state index contributed by atoms with van der Waals surface area (Å²) >= 11 is -4.07. The van der Waals surface area contributed by atoms with E-state index in [2.05, 4.69) is 134 Å². The second-order valence-corrected chi connectivity index (χ2v) is 30.1. The third-order valence-corrected chi connectivity index (χ3v) is 23.9. The number of hydrogen-bond acceptors (Lipinski definition) is 0. The second-order valence-electron chi connectivity index (χ2n) is 14.2. The van der Waals surface area contributed by atoms with Crippen LogP contribution in [-0.4, -0.2) is 9.52 Å². The van der Waals surface area contributed by atoms with E-state index in [1.165, 1.54) is 69.3 Å². The van der Waals surface area contributed by atoms with Gasteiger partial charge in [-0.15, -0.1) is 0 Å². The summed E-state index contributed by atoms with van der Waals surface area (Å²) in [6.45, 7) is 18.5. The molecule has 0 saturated carbocycles. The topological polar surface area (TPSA) is 0 Å². The van der Waals surface area contributed by atoms with Crippen LogP contribution in [-0.2, 0) is 24.3 Å². The van der Waals surface area contributed by atoms with Gasteiger partial charge in [0.15, 0.2) is 0 Å².